The number of aliphatic imine (C=N–C) groups is 5. The van der Waals surface area contributed by atoms with Crippen LogP contribution >= 0.6 is 92.8 Å². The lowest BCUT2D eigenvalue weighted by Crippen LogP contribution is -2.10. The van der Waals surface area contributed by atoms with Crippen molar-refractivity contribution in [2.75, 3.05) is 5.73 Å². The van der Waals surface area contributed by atoms with E-state index in [0.717, 1.165) is 38.7 Å². The van der Waals surface area contributed by atoms with Gasteiger partial charge in [0.05, 0.1) is 37.8 Å². The van der Waals surface area contributed by atoms with Gasteiger partial charge >= 0.3 is 0 Å². The van der Waals surface area contributed by atoms with Crippen LogP contribution in [0.2, 0.25) is 40.2 Å². The average molecular weight is 1500 g/mol. The predicted molar refractivity (Wildman–Crippen MR) is 421 cm³/mol. The third-order valence-electron chi connectivity index (χ3n) is 14.6. The zero-order valence-corrected chi connectivity index (χ0v) is 61.4. The minimum Gasteiger partial charge on any atom is -0.507 e. The summed E-state index contributed by atoms with van der Waals surface area (Å²) in [6, 6.07) is 56.1. The van der Waals surface area contributed by atoms with Gasteiger partial charge in [-0.05, 0) is 180 Å². The van der Waals surface area contributed by atoms with E-state index < -0.39 is 0 Å². The van der Waals surface area contributed by atoms with Gasteiger partial charge in [0.15, 0.2) is 0 Å². The van der Waals surface area contributed by atoms with Gasteiger partial charge in [-0.3, -0.25) is 25.0 Å². The molecule has 0 saturated carbocycles. The topological polar surface area (TPSA) is 229 Å². The second-order valence-corrected chi connectivity index (χ2v) is 27.9. The zero-order chi connectivity index (χ0) is 73.2. The summed E-state index contributed by atoms with van der Waals surface area (Å²) in [5, 5.41) is 74.0. The molecule has 0 aliphatic carbocycles. The molecule has 0 aromatic heterocycles. The standard InChI is InChI=1S/C17H17Cl2NO2.C17H13ClN2O.C17H18ClNO2.C15H15NO.C13H7Cl4NO/c1-17(2,3)11-4-5-15(21)14(7-11)20-9-10-6-12(18)8-13(19)16(10)22;18-15-9-12(6-7-16(15)19)20-10-14-13-4-2-1-3-11(13)5-8-17(14)21;1-17(2,3)12-4-6-16(21)14(9-12)19-10-11-8-13(18)5-7-15(11)20;1-11-7-8-14(12(2)9-11)16-10-13-5-3-4-6-15(13)17;14-8-1-7(13(19)12(17)5-8)6-18-11-3-9(15)2-10(16)4-11/h4-9,21-22H,1-3H3;1-10,21H,19H2;4-10,20-21H,1-3H3;3-10,17H,1-2H3;1-6,19H. The van der Waals surface area contributed by atoms with Crippen LogP contribution in [0.3, 0.4) is 0 Å². The van der Waals surface area contributed by atoms with Crippen molar-refractivity contribution in [2.24, 2.45) is 25.0 Å². The number of benzene rings is 11. The number of nitrogens with zero attached hydrogens (tertiary/aromatic N) is 5. The Hall–Kier alpha value is -9.25. The molecule has 0 heterocycles. The summed E-state index contributed by atoms with van der Waals surface area (Å²) < 4.78 is 0. The van der Waals surface area contributed by atoms with Gasteiger partial charge in [-0.2, -0.15) is 0 Å². The lowest BCUT2D eigenvalue weighted by molar-refractivity contribution is 0.473. The van der Waals surface area contributed by atoms with Crippen molar-refractivity contribution < 1.29 is 35.7 Å². The number of nitrogen functional groups attached to an aromatic ring is 1. The summed E-state index contributed by atoms with van der Waals surface area (Å²) in [6.45, 7) is 16.6. The highest BCUT2D eigenvalue weighted by atomic mass is 35.5. The second kappa shape index (κ2) is 35.7. The number of rotatable bonds is 10. The van der Waals surface area contributed by atoms with Crippen LogP contribution < -0.4 is 5.73 Å². The van der Waals surface area contributed by atoms with Crippen LogP contribution in [0.4, 0.5) is 34.1 Å². The maximum absolute atomic E-state index is 10.0. The fourth-order valence-electron chi connectivity index (χ4n) is 9.06. The van der Waals surface area contributed by atoms with E-state index in [0.29, 0.717) is 80.8 Å². The highest BCUT2D eigenvalue weighted by molar-refractivity contribution is 6.37. The molecule has 21 heteroatoms. The first-order valence-electron chi connectivity index (χ1n) is 30.5. The second-order valence-electron chi connectivity index (χ2n) is 24.5. The van der Waals surface area contributed by atoms with Gasteiger partial charge in [0.1, 0.15) is 51.6 Å². The molecule has 0 saturated heterocycles. The molecule has 0 spiro atoms. The van der Waals surface area contributed by atoms with E-state index in [1.54, 1.807) is 103 Å². The third-order valence-corrected chi connectivity index (χ3v) is 16.6. The Labute approximate surface area is 621 Å². The first-order chi connectivity index (χ1) is 47.2. The molecule has 11 rings (SSSR count). The van der Waals surface area contributed by atoms with E-state index in [4.69, 9.17) is 98.5 Å². The summed E-state index contributed by atoms with van der Waals surface area (Å²) in [4.78, 5) is 21.4. The Morgan fingerprint density at radius 2 is 0.810 bits per heavy atom. The molecule has 0 bridgehead atoms. The maximum atomic E-state index is 10.0. The van der Waals surface area contributed by atoms with Crippen molar-refractivity contribution in [2.45, 2.75) is 66.2 Å². The molecule has 13 nitrogen and oxygen atoms in total. The Bertz CT molecular complexity index is 4870. The Morgan fingerprint density at radius 3 is 1.37 bits per heavy atom. The number of aromatic hydroxyl groups is 7. The first-order valence-corrected chi connectivity index (χ1v) is 33.5. The molecule has 0 atom stereocenters. The van der Waals surface area contributed by atoms with Crippen LogP contribution in [0.1, 0.15) is 91.6 Å². The quantitative estimate of drug-likeness (QED) is 0.0484. The molecular formula is C79H70Cl8N6O7. The molecule has 0 aliphatic heterocycles. The van der Waals surface area contributed by atoms with Gasteiger partial charge in [0.2, 0.25) is 0 Å². The lowest BCUT2D eigenvalue weighted by Gasteiger charge is -2.19. The van der Waals surface area contributed by atoms with Crippen molar-refractivity contribution in [3.63, 3.8) is 0 Å². The van der Waals surface area contributed by atoms with Gasteiger partial charge in [0.25, 0.3) is 0 Å². The number of aryl methyl sites for hydroxylation is 2. The van der Waals surface area contributed by atoms with Crippen molar-refractivity contribution in [3.05, 3.63) is 284 Å². The van der Waals surface area contributed by atoms with Crippen LogP contribution in [-0.2, 0) is 10.8 Å². The summed E-state index contributed by atoms with van der Waals surface area (Å²) >= 11 is 47.0. The Kier molecular flexibility index (Phi) is 27.9. The monoisotopic (exact) mass is 1490 g/mol. The number of fused-ring (bicyclic) bond motifs is 1. The number of anilines is 1. The SMILES string of the molecule is CC(C)(C)c1ccc(O)c(N=Cc2cc(Cl)cc(Cl)c2O)c1.CC(C)(C)c1ccc(O)c(N=Cc2cc(Cl)ccc2O)c1.Cc1ccc(N=Cc2ccccc2O)c(C)c1.Nc1ccc(N=Cc2c(O)ccc3ccccc23)cc1Cl.Oc1c(Cl)cc(Cl)cc1C=Nc1cc(Cl)cc(Cl)c1. The summed E-state index contributed by atoms with van der Waals surface area (Å²) in [5.74, 6) is 0.525. The minimum absolute atomic E-state index is 0.0316. The molecule has 11 aromatic rings. The van der Waals surface area contributed by atoms with Gasteiger partial charge in [0, 0.05) is 84.0 Å². The van der Waals surface area contributed by atoms with E-state index in [-0.39, 0.29) is 61.1 Å². The van der Waals surface area contributed by atoms with Crippen molar-refractivity contribution in [3.8, 4) is 40.2 Å². The number of para-hydroxylation sites is 1. The van der Waals surface area contributed by atoms with Crippen LogP contribution in [0.15, 0.2) is 219 Å². The average Bonchev–Trinajstić information content (AvgIpc) is 0.818. The molecule has 0 amide bonds. The highest BCUT2D eigenvalue weighted by Gasteiger charge is 2.18. The number of halogens is 8. The molecule has 9 N–H and O–H groups in total. The Balaban J connectivity index is 0.000000176. The molecule has 11 aromatic carbocycles. The number of nitrogens with two attached hydrogens (primary N) is 1. The third kappa shape index (κ3) is 23.2. The van der Waals surface area contributed by atoms with Crippen LogP contribution in [0.25, 0.3) is 10.8 Å². The van der Waals surface area contributed by atoms with Crippen LogP contribution in [0, 0.1) is 13.8 Å². The van der Waals surface area contributed by atoms with E-state index in [2.05, 4.69) is 79.5 Å². The normalized spacial score (nSPS) is 11.5. The first kappa shape index (κ1) is 78.1. The summed E-state index contributed by atoms with van der Waals surface area (Å²) in [7, 11) is 0. The zero-order valence-electron chi connectivity index (χ0n) is 55.3. The largest absolute Gasteiger partial charge is 0.507 e. The molecule has 0 unspecified atom stereocenters. The maximum Gasteiger partial charge on any atom is 0.143 e. The number of hydrogen-bond donors (Lipinski definition) is 8. The van der Waals surface area contributed by atoms with E-state index >= 15 is 0 Å². The van der Waals surface area contributed by atoms with Crippen molar-refractivity contribution in [1.29, 1.82) is 0 Å². The number of hydrogen-bond acceptors (Lipinski definition) is 13. The van der Waals surface area contributed by atoms with E-state index in [1.165, 1.54) is 42.4 Å². The van der Waals surface area contributed by atoms with Crippen molar-refractivity contribution in [1.82, 2.24) is 0 Å². The smallest absolute Gasteiger partial charge is 0.143 e. The number of phenolic OH excluding ortho intramolecular Hbond substituents is 7. The predicted octanol–water partition coefficient (Wildman–Crippen LogP) is 24.3. The van der Waals surface area contributed by atoms with E-state index in [1.807, 2.05) is 85.8 Å². The van der Waals surface area contributed by atoms with Crippen molar-refractivity contribution >= 4 is 169 Å². The molecule has 100 heavy (non-hydrogen) atoms. The van der Waals surface area contributed by atoms with E-state index in [9.17, 15) is 35.7 Å². The van der Waals surface area contributed by atoms with Gasteiger partial charge in [-0.25, -0.2) is 0 Å². The van der Waals surface area contributed by atoms with Gasteiger partial charge in [-0.15, -0.1) is 0 Å². The van der Waals surface area contributed by atoms with Crippen LogP contribution in [0.5, 0.6) is 40.2 Å². The minimum atomic E-state index is -0.0960. The molecule has 0 aliphatic rings. The fourth-order valence-corrected chi connectivity index (χ4v) is 10.9. The fraction of sp³-hybridized carbons (Fsp3) is 0.127. The number of phenols is 7. The van der Waals surface area contributed by atoms with Gasteiger partial charge in [-0.1, -0.05) is 207 Å². The highest BCUT2D eigenvalue weighted by Crippen LogP contribution is 2.38. The molecule has 0 radical (unpaired) electrons. The Morgan fingerprint density at radius 1 is 0.340 bits per heavy atom. The lowest BCUT2D eigenvalue weighted by atomic mass is 9.87. The molecule has 0 fully saturated rings. The molecule has 514 valence electrons. The van der Waals surface area contributed by atoms with Crippen LogP contribution in [-0.4, -0.2) is 66.8 Å². The summed E-state index contributed by atoms with van der Waals surface area (Å²) in [5.41, 5.74) is 16.3. The van der Waals surface area contributed by atoms with Gasteiger partial charge < -0.3 is 41.5 Å². The summed E-state index contributed by atoms with van der Waals surface area (Å²) in [6.07, 6.45) is 7.68. The molecular weight excluding hydrogens is 1430 g/mol.